The number of hydrogen-bond acceptors (Lipinski definition) is 6. The van der Waals surface area contributed by atoms with Gasteiger partial charge in [0.2, 0.25) is 0 Å². The highest BCUT2D eigenvalue weighted by atomic mass is 16.7. The summed E-state index contributed by atoms with van der Waals surface area (Å²) in [5, 5.41) is 12.5. The van der Waals surface area contributed by atoms with Crippen LogP contribution < -0.4 is 5.32 Å². The molecule has 0 fully saturated rings. The van der Waals surface area contributed by atoms with Crippen molar-refractivity contribution >= 4 is 23.9 Å². The Balaban J connectivity index is 5.72. The fraction of sp³-hybridized carbons (Fsp3) is 0.688. The largest absolute Gasteiger partial charge is 0.481 e. The summed E-state index contributed by atoms with van der Waals surface area (Å²) in [6.45, 7) is 9.97. The van der Waals surface area contributed by atoms with Crippen molar-refractivity contribution in [3.05, 3.63) is 6.08 Å². The van der Waals surface area contributed by atoms with E-state index in [2.05, 4.69) is 5.32 Å². The summed E-state index contributed by atoms with van der Waals surface area (Å²) in [5.41, 5.74) is -0.853. The highest BCUT2D eigenvalue weighted by Crippen LogP contribution is 2.14. The molecule has 0 saturated heterocycles. The highest BCUT2D eigenvalue weighted by molar-refractivity contribution is 5.91. The molecule has 2 amide bonds. The molecule has 1 unspecified atom stereocenters. The summed E-state index contributed by atoms with van der Waals surface area (Å²) in [5.74, 6) is -2.57. The molecule has 0 aliphatic heterocycles. The number of carbonyl (C=O) groups excluding carboxylic acids is 3. The lowest BCUT2D eigenvalue weighted by atomic mass is 9.98. The topological polar surface area (TPSA) is 122 Å². The van der Waals surface area contributed by atoms with Gasteiger partial charge >= 0.3 is 12.1 Å². The summed E-state index contributed by atoms with van der Waals surface area (Å²) in [6.07, 6.45) is -0.330. The highest BCUT2D eigenvalue weighted by Gasteiger charge is 2.38. The van der Waals surface area contributed by atoms with Crippen molar-refractivity contribution in [2.24, 2.45) is 5.92 Å². The average Bonchev–Trinajstić information content (AvgIpc) is 2.45. The monoisotopic (exact) mass is 358 g/mol. The zero-order valence-electron chi connectivity index (χ0n) is 15.4. The van der Waals surface area contributed by atoms with Crippen LogP contribution in [-0.4, -0.2) is 58.4 Å². The molecular weight excluding hydrogens is 332 g/mol. The molecule has 9 heteroatoms. The van der Waals surface area contributed by atoms with Gasteiger partial charge in [-0.1, -0.05) is 0 Å². The van der Waals surface area contributed by atoms with Gasteiger partial charge in [-0.2, -0.15) is 0 Å². The van der Waals surface area contributed by atoms with Crippen molar-refractivity contribution in [3.63, 3.8) is 0 Å². The number of carbonyl (C=O) groups is 3. The van der Waals surface area contributed by atoms with E-state index < -0.39 is 41.6 Å². The van der Waals surface area contributed by atoms with Gasteiger partial charge in [-0.15, -0.1) is 0 Å². The van der Waals surface area contributed by atoms with E-state index in [1.165, 1.54) is 5.94 Å². The van der Waals surface area contributed by atoms with Gasteiger partial charge in [0, 0.05) is 6.08 Å². The normalized spacial score (nSPS) is 13.4. The Kier molecular flexibility index (Phi) is 8.87. The number of alkyl carbamates (subject to hydrolysis) is 1. The van der Waals surface area contributed by atoms with Crippen molar-refractivity contribution in [3.8, 4) is 0 Å². The summed E-state index contributed by atoms with van der Waals surface area (Å²) >= 11 is 0. The van der Waals surface area contributed by atoms with E-state index in [-0.39, 0.29) is 6.61 Å². The molecule has 0 aromatic heterocycles. The van der Waals surface area contributed by atoms with Crippen LogP contribution in [0.5, 0.6) is 0 Å². The SMILES string of the molecule is CCON(C(=O)C(NC(=O)OC(C)(C)C)[C@H](C=C=O)C(=O)O)C(C)C. The van der Waals surface area contributed by atoms with Crippen LogP contribution in [0.25, 0.3) is 0 Å². The Hall–Kier alpha value is -2.38. The molecule has 0 radical (unpaired) electrons. The third kappa shape index (κ3) is 7.82. The minimum atomic E-state index is -1.63. The van der Waals surface area contributed by atoms with E-state index in [1.54, 1.807) is 41.5 Å². The fourth-order valence-electron chi connectivity index (χ4n) is 1.87. The van der Waals surface area contributed by atoms with Gasteiger partial charge in [0.1, 0.15) is 23.5 Å². The molecule has 25 heavy (non-hydrogen) atoms. The molecule has 0 aliphatic carbocycles. The first-order valence-electron chi connectivity index (χ1n) is 7.83. The number of hydrogen-bond donors (Lipinski definition) is 2. The van der Waals surface area contributed by atoms with Gasteiger partial charge in [-0.25, -0.2) is 14.7 Å². The molecule has 0 spiro atoms. The van der Waals surface area contributed by atoms with Crippen LogP contribution in [0, 0.1) is 5.92 Å². The molecule has 0 saturated carbocycles. The molecular formula is C16H26N2O7. The number of ether oxygens (including phenoxy) is 1. The smallest absolute Gasteiger partial charge is 0.408 e. The van der Waals surface area contributed by atoms with E-state index in [9.17, 15) is 24.3 Å². The fourth-order valence-corrected chi connectivity index (χ4v) is 1.87. The van der Waals surface area contributed by atoms with Gasteiger partial charge in [-0.3, -0.25) is 14.4 Å². The number of nitrogens with zero attached hydrogens (tertiary/aromatic N) is 1. The summed E-state index contributed by atoms with van der Waals surface area (Å²) < 4.78 is 5.06. The van der Waals surface area contributed by atoms with Gasteiger partial charge < -0.3 is 15.2 Å². The molecule has 0 heterocycles. The summed E-state index contributed by atoms with van der Waals surface area (Å²) in [6, 6.07) is -2.02. The second kappa shape index (κ2) is 9.80. The van der Waals surface area contributed by atoms with E-state index >= 15 is 0 Å². The minimum Gasteiger partial charge on any atom is -0.481 e. The quantitative estimate of drug-likeness (QED) is 0.493. The summed E-state index contributed by atoms with van der Waals surface area (Å²) in [4.78, 5) is 52.0. The Morgan fingerprint density at radius 1 is 1.28 bits per heavy atom. The maximum atomic E-state index is 12.7. The van der Waals surface area contributed by atoms with Crippen molar-refractivity contribution in [1.82, 2.24) is 10.4 Å². The van der Waals surface area contributed by atoms with E-state index in [1.807, 2.05) is 0 Å². The van der Waals surface area contributed by atoms with Crippen molar-refractivity contribution in [1.29, 1.82) is 0 Å². The third-order valence-electron chi connectivity index (χ3n) is 2.78. The predicted molar refractivity (Wildman–Crippen MR) is 88.2 cm³/mol. The lowest BCUT2D eigenvalue weighted by Crippen LogP contribution is -2.55. The molecule has 142 valence electrons. The van der Waals surface area contributed by atoms with E-state index in [4.69, 9.17) is 9.57 Å². The van der Waals surface area contributed by atoms with Gasteiger partial charge in [0.15, 0.2) is 0 Å². The molecule has 9 nitrogen and oxygen atoms in total. The van der Waals surface area contributed by atoms with Gasteiger partial charge in [-0.05, 0) is 41.5 Å². The second-order valence-electron chi connectivity index (χ2n) is 6.45. The minimum absolute atomic E-state index is 0.157. The molecule has 0 aromatic rings. The van der Waals surface area contributed by atoms with Crippen LogP contribution >= 0.6 is 0 Å². The number of hydroxylamine groups is 2. The Morgan fingerprint density at radius 3 is 2.20 bits per heavy atom. The molecule has 0 bridgehead atoms. The lowest BCUT2D eigenvalue weighted by Gasteiger charge is -2.31. The molecule has 0 rings (SSSR count). The van der Waals surface area contributed by atoms with Crippen LogP contribution in [0.15, 0.2) is 6.08 Å². The van der Waals surface area contributed by atoms with Crippen molar-refractivity contribution in [2.75, 3.05) is 6.61 Å². The maximum absolute atomic E-state index is 12.7. The number of carboxylic acids is 1. The van der Waals surface area contributed by atoms with Crippen LogP contribution in [0.3, 0.4) is 0 Å². The van der Waals surface area contributed by atoms with Crippen LogP contribution in [0.2, 0.25) is 0 Å². The maximum Gasteiger partial charge on any atom is 0.408 e. The summed E-state index contributed by atoms with van der Waals surface area (Å²) in [7, 11) is 0. The molecule has 0 aliphatic rings. The molecule has 2 atom stereocenters. The number of amides is 2. The van der Waals surface area contributed by atoms with Crippen molar-refractivity contribution < 1.29 is 33.9 Å². The Labute approximate surface area is 146 Å². The Bertz CT molecular complexity index is 531. The molecule has 2 N–H and O–H groups in total. The first-order chi connectivity index (χ1) is 11.4. The lowest BCUT2D eigenvalue weighted by molar-refractivity contribution is -0.198. The zero-order chi connectivity index (χ0) is 19.8. The van der Waals surface area contributed by atoms with E-state index in [0.29, 0.717) is 6.08 Å². The standard InChI is InChI=1S/C16H26N2O7/c1-7-24-18(10(2)3)13(20)12(11(8-9-19)14(21)22)17-15(23)25-16(4,5)6/h8,10-12H,7H2,1-6H3,(H,17,23)(H,21,22)/t11-,12?/m0/s1. The van der Waals surface area contributed by atoms with Gasteiger partial charge in [0.05, 0.1) is 12.6 Å². The second-order valence-corrected chi connectivity index (χ2v) is 6.45. The first kappa shape index (κ1) is 22.6. The van der Waals surface area contributed by atoms with Crippen LogP contribution in [0.1, 0.15) is 41.5 Å². The van der Waals surface area contributed by atoms with Crippen LogP contribution in [-0.2, 0) is 24.0 Å². The van der Waals surface area contributed by atoms with E-state index in [0.717, 1.165) is 5.06 Å². The van der Waals surface area contributed by atoms with Crippen LogP contribution in [0.4, 0.5) is 4.79 Å². The Morgan fingerprint density at radius 2 is 1.84 bits per heavy atom. The zero-order valence-corrected chi connectivity index (χ0v) is 15.4. The number of nitrogens with one attached hydrogen (secondary N) is 1. The number of aliphatic carboxylic acids is 1. The average molecular weight is 358 g/mol. The predicted octanol–water partition coefficient (Wildman–Crippen LogP) is 1.16. The first-order valence-corrected chi connectivity index (χ1v) is 7.83. The number of carboxylic acid groups (broad SMARTS) is 1. The third-order valence-corrected chi connectivity index (χ3v) is 2.78. The molecule has 0 aromatic carbocycles. The number of rotatable bonds is 8. The van der Waals surface area contributed by atoms with Gasteiger partial charge in [0.25, 0.3) is 5.91 Å². The van der Waals surface area contributed by atoms with Crippen molar-refractivity contribution in [2.45, 2.75) is 59.2 Å².